The Labute approximate surface area is 141 Å². The van der Waals surface area contributed by atoms with Gasteiger partial charge in [0.15, 0.2) is 0 Å². The topological polar surface area (TPSA) is 43.9 Å². The quantitative estimate of drug-likeness (QED) is 0.844. The average Bonchev–Trinajstić information content (AvgIpc) is 3.01. The van der Waals surface area contributed by atoms with Gasteiger partial charge in [-0.15, -0.1) is 11.8 Å². The third-order valence-electron chi connectivity index (χ3n) is 4.46. The summed E-state index contributed by atoms with van der Waals surface area (Å²) < 4.78 is 0. The first-order valence-corrected chi connectivity index (χ1v) is 9.04. The van der Waals surface area contributed by atoms with Crippen LogP contribution < -0.4 is 4.90 Å². The number of benzene rings is 1. The number of nitrogens with zero attached hydrogens (tertiary/aromatic N) is 3. The van der Waals surface area contributed by atoms with Crippen molar-refractivity contribution in [3.05, 3.63) is 24.3 Å². The normalized spacial score (nSPS) is 21.1. The Balaban J connectivity index is 1.71. The minimum atomic E-state index is -0.150. The molecule has 1 unspecified atom stereocenters. The standard InChI is InChI=1S/C17H23N3O2S/c1-18(2)17(22)14-7-5-9-19(14)12-16(21)20-10-11-23-15-8-4-3-6-13(15)20/h3-4,6,8,14H,5,7,9-12H2,1-2H3. The molecule has 0 N–H and O–H groups in total. The van der Waals surface area contributed by atoms with E-state index < -0.39 is 0 Å². The summed E-state index contributed by atoms with van der Waals surface area (Å²) in [4.78, 5) is 31.8. The van der Waals surface area contributed by atoms with Crippen molar-refractivity contribution in [1.82, 2.24) is 9.80 Å². The lowest BCUT2D eigenvalue weighted by atomic mass is 10.2. The van der Waals surface area contributed by atoms with Gasteiger partial charge in [-0.2, -0.15) is 0 Å². The van der Waals surface area contributed by atoms with Crippen LogP contribution in [0.15, 0.2) is 29.2 Å². The van der Waals surface area contributed by atoms with Crippen molar-refractivity contribution in [2.45, 2.75) is 23.8 Å². The Hall–Kier alpha value is -1.53. The smallest absolute Gasteiger partial charge is 0.241 e. The van der Waals surface area contributed by atoms with Gasteiger partial charge in [-0.1, -0.05) is 12.1 Å². The Kier molecular flexibility index (Phi) is 4.92. The van der Waals surface area contributed by atoms with Crippen LogP contribution in [-0.4, -0.2) is 67.1 Å². The van der Waals surface area contributed by atoms with E-state index >= 15 is 0 Å². The van der Waals surface area contributed by atoms with Gasteiger partial charge in [-0.25, -0.2) is 0 Å². The molecule has 0 bridgehead atoms. The van der Waals surface area contributed by atoms with Crippen molar-refractivity contribution < 1.29 is 9.59 Å². The molecule has 2 amide bonds. The first-order chi connectivity index (χ1) is 11.1. The molecule has 6 heteroatoms. The zero-order chi connectivity index (χ0) is 16.4. The van der Waals surface area contributed by atoms with E-state index in [4.69, 9.17) is 0 Å². The third-order valence-corrected chi connectivity index (χ3v) is 5.50. The van der Waals surface area contributed by atoms with E-state index in [9.17, 15) is 9.59 Å². The second kappa shape index (κ2) is 6.93. The summed E-state index contributed by atoms with van der Waals surface area (Å²) in [5.41, 5.74) is 1.00. The third kappa shape index (κ3) is 3.38. The Morgan fingerprint density at radius 3 is 2.83 bits per heavy atom. The molecule has 1 aromatic carbocycles. The van der Waals surface area contributed by atoms with Crippen LogP contribution in [0.4, 0.5) is 5.69 Å². The summed E-state index contributed by atoms with van der Waals surface area (Å²) in [5.74, 6) is 1.11. The van der Waals surface area contributed by atoms with Gasteiger partial charge in [0.2, 0.25) is 11.8 Å². The molecule has 2 heterocycles. The summed E-state index contributed by atoms with van der Waals surface area (Å²) >= 11 is 1.79. The Bertz CT molecular complexity index is 605. The number of likely N-dealkylation sites (tertiary alicyclic amines) is 1. The van der Waals surface area contributed by atoms with Gasteiger partial charge in [0.25, 0.3) is 0 Å². The number of anilines is 1. The largest absolute Gasteiger partial charge is 0.347 e. The number of carbonyl (C=O) groups excluding carboxylic acids is 2. The molecule has 5 nitrogen and oxygen atoms in total. The molecule has 0 saturated carbocycles. The molecular formula is C17H23N3O2S. The molecule has 0 aromatic heterocycles. The van der Waals surface area contributed by atoms with Gasteiger partial charge in [0, 0.05) is 31.3 Å². The molecule has 0 spiro atoms. The fourth-order valence-electron chi connectivity index (χ4n) is 3.28. The number of likely N-dealkylation sites (N-methyl/N-ethyl adjacent to an activating group) is 1. The summed E-state index contributed by atoms with van der Waals surface area (Å²) in [6, 6.07) is 7.90. The molecule has 124 valence electrons. The number of hydrogen-bond acceptors (Lipinski definition) is 4. The molecule has 0 aliphatic carbocycles. The second-order valence-electron chi connectivity index (χ2n) is 6.22. The highest BCUT2D eigenvalue weighted by Crippen LogP contribution is 2.34. The zero-order valence-electron chi connectivity index (χ0n) is 13.7. The van der Waals surface area contributed by atoms with Crippen LogP contribution in [0.3, 0.4) is 0 Å². The van der Waals surface area contributed by atoms with Gasteiger partial charge in [0.05, 0.1) is 18.3 Å². The highest BCUT2D eigenvalue weighted by atomic mass is 32.2. The van der Waals surface area contributed by atoms with Gasteiger partial charge >= 0.3 is 0 Å². The maximum Gasteiger partial charge on any atom is 0.241 e. The molecule has 3 rings (SSSR count). The van der Waals surface area contributed by atoms with E-state index in [1.807, 2.05) is 28.0 Å². The highest BCUT2D eigenvalue weighted by molar-refractivity contribution is 7.99. The summed E-state index contributed by atoms with van der Waals surface area (Å²) in [5, 5.41) is 0. The van der Waals surface area contributed by atoms with Crippen LogP contribution in [0.2, 0.25) is 0 Å². The van der Waals surface area contributed by atoms with Crippen molar-refractivity contribution in [1.29, 1.82) is 0 Å². The molecule has 1 saturated heterocycles. The lowest BCUT2D eigenvalue weighted by Crippen LogP contribution is -2.48. The van der Waals surface area contributed by atoms with Crippen LogP contribution >= 0.6 is 11.8 Å². The average molecular weight is 333 g/mol. The predicted octanol–water partition coefficient (Wildman–Crippen LogP) is 1.68. The molecule has 0 radical (unpaired) electrons. The fourth-order valence-corrected chi connectivity index (χ4v) is 4.28. The lowest BCUT2D eigenvalue weighted by Gasteiger charge is -2.32. The Morgan fingerprint density at radius 2 is 2.04 bits per heavy atom. The fraction of sp³-hybridized carbons (Fsp3) is 0.529. The molecule has 1 atom stereocenters. The van der Waals surface area contributed by atoms with E-state index in [1.54, 1.807) is 30.8 Å². The molecule has 1 fully saturated rings. The number of rotatable bonds is 3. The van der Waals surface area contributed by atoms with E-state index in [-0.39, 0.29) is 17.9 Å². The van der Waals surface area contributed by atoms with Crippen molar-refractivity contribution in [3.63, 3.8) is 0 Å². The maximum absolute atomic E-state index is 12.8. The Morgan fingerprint density at radius 1 is 1.26 bits per heavy atom. The van der Waals surface area contributed by atoms with Crippen molar-refractivity contribution in [3.8, 4) is 0 Å². The molecule has 2 aliphatic heterocycles. The van der Waals surface area contributed by atoms with E-state index in [0.29, 0.717) is 6.54 Å². The van der Waals surface area contributed by atoms with Crippen LogP contribution in [-0.2, 0) is 9.59 Å². The molecule has 2 aliphatic rings. The number of para-hydroxylation sites is 1. The van der Waals surface area contributed by atoms with Crippen molar-refractivity contribution in [2.24, 2.45) is 0 Å². The summed E-state index contributed by atoms with van der Waals surface area (Å²) in [6.07, 6.45) is 1.82. The predicted molar refractivity (Wildman–Crippen MR) is 92.8 cm³/mol. The number of amides is 2. The van der Waals surface area contributed by atoms with Crippen molar-refractivity contribution >= 4 is 29.3 Å². The van der Waals surface area contributed by atoms with E-state index in [1.165, 1.54) is 0 Å². The number of thioether (sulfide) groups is 1. The zero-order valence-corrected chi connectivity index (χ0v) is 14.5. The minimum absolute atomic E-state index is 0.0937. The second-order valence-corrected chi connectivity index (χ2v) is 7.36. The maximum atomic E-state index is 12.8. The van der Waals surface area contributed by atoms with Gasteiger partial charge < -0.3 is 9.80 Å². The molecule has 1 aromatic rings. The lowest BCUT2D eigenvalue weighted by molar-refractivity contribution is -0.134. The number of fused-ring (bicyclic) bond motifs is 1. The molecular weight excluding hydrogens is 310 g/mol. The minimum Gasteiger partial charge on any atom is -0.347 e. The van der Waals surface area contributed by atoms with Gasteiger partial charge in [-0.3, -0.25) is 14.5 Å². The van der Waals surface area contributed by atoms with Crippen LogP contribution in [0.5, 0.6) is 0 Å². The van der Waals surface area contributed by atoms with Crippen LogP contribution in [0.25, 0.3) is 0 Å². The number of carbonyl (C=O) groups is 2. The van der Waals surface area contributed by atoms with Gasteiger partial charge in [0.1, 0.15) is 0 Å². The van der Waals surface area contributed by atoms with Crippen LogP contribution in [0.1, 0.15) is 12.8 Å². The summed E-state index contributed by atoms with van der Waals surface area (Å²) in [7, 11) is 3.55. The first kappa shape index (κ1) is 16.3. The monoisotopic (exact) mass is 333 g/mol. The first-order valence-electron chi connectivity index (χ1n) is 8.05. The van der Waals surface area contributed by atoms with E-state index in [2.05, 4.69) is 6.07 Å². The van der Waals surface area contributed by atoms with Crippen LogP contribution in [0, 0.1) is 0 Å². The van der Waals surface area contributed by atoms with Gasteiger partial charge in [-0.05, 0) is 31.5 Å². The van der Waals surface area contributed by atoms with E-state index in [0.717, 1.165) is 42.3 Å². The number of hydrogen-bond donors (Lipinski definition) is 0. The highest BCUT2D eigenvalue weighted by Gasteiger charge is 2.34. The van der Waals surface area contributed by atoms with Crippen molar-refractivity contribution in [2.75, 3.05) is 44.4 Å². The molecule has 23 heavy (non-hydrogen) atoms. The SMILES string of the molecule is CN(C)C(=O)C1CCCN1CC(=O)N1CCSc2ccccc21. The summed E-state index contributed by atoms with van der Waals surface area (Å²) in [6.45, 7) is 1.88.